The number of rotatable bonds is 3. The maximum absolute atomic E-state index is 12.6. The van der Waals surface area contributed by atoms with Crippen molar-refractivity contribution in [1.29, 1.82) is 0 Å². The first kappa shape index (κ1) is 15.6. The number of amides is 2. The number of hydrogen-bond acceptors (Lipinski definition) is 2. The van der Waals surface area contributed by atoms with Crippen molar-refractivity contribution in [1.82, 2.24) is 5.32 Å². The summed E-state index contributed by atoms with van der Waals surface area (Å²) in [6.07, 6.45) is -4.59. The molecule has 0 heterocycles. The van der Waals surface area contributed by atoms with Crippen LogP contribution in [0.3, 0.4) is 0 Å². The van der Waals surface area contributed by atoms with E-state index in [-0.39, 0.29) is 12.3 Å². The fraction of sp³-hybridized carbons (Fsp3) is 0.364. The molecule has 0 saturated heterocycles. The number of aliphatic hydroxyl groups is 1. The molecule has 0 spiro atoms. The zero-order valence-electron chi connectivity index (χ0n) is 9.88. The van der Waals surface area contributed by atoms with E-state index in [1.165, 1.54) is 6.07 Å². The number of alkyl halides is 3. The van der Waals surface area contributed by atoms with Crippen LogP contribution in [0.5, 0.6) is 0 Å². The van der Waals surface area contributed by atoms with Crippen LogP contribution >= 0.6 is 11.6 Å². The minimum Gasteiger partial charge on any atom is -0.394 e. The van der Waals surface area contributed by atoms with E-state index in [1.807, 2.05) is 0 Å². The normalized spacial score (nSPS) is 12.9. The van der Waals surface area contributed by atoms with Gasteiger partial charge in [-0.1, -0.05) is 11.6 Å². The van der Waals surface area contributed by atoms with Gasteiger partial charge in [-0.3, -0.25) is 0 Å². The van der Waals surface area contributed by atoms with Crippen LogP contribution in [-0.4, -0.2) is 23.8 Å². The fourth-order valence-electron chi connectivity index (χ4n) is 1.26. The standard InChI is InChI=1S/C11H12ClF3N2O2/c1-6(5-18)16-10(19)17-7-2-3-9(12)8(4-7)11(13,14)15/h2-4,6,18H,5H2,1H3,(H2,16,17,19). The van der Waals surface area contributed by atoms with E-state index >= 15 is 0 Å². The van der Waals surface area contributed by atoms with Gasteiger partial charge in [0.15, 0.2) is 0 Å². The molecule has 1 unspecified atom stereocenters. The third-order valence-corrected chi connectivity index (χ3v) is 2.51. The maximum atomic E-state index is 12.6. The number of hydrogen-bond donors (Lipinski definition) is 3. The summed E-state index contributed by atoms with van der Waals surface area (Å²) in [5, 5.41) is 12.8. The van der Waals surface area contributed by atoms with E-state index in [1.54, 1.807) is 6.92 Å². The molecule has 1 atom stereocenters. The molecule has 0 fully saturated rings. The Morgan fingerprint density at radius 1 is 1.47 bits per heavy atom. The predicted molar refractivity (Wildman–Crippen MR) is 65.2 cm³/mol. The lowest BCUT2D eigenvalue weighted by Crippen LogP contribution is -2.38. The summed E-state index contributed by atoms with van der Waals surface area (Å²) in [5.74, 6) is 0. The Kier molecular flexibility index (Phi) is 5.02. The van der Waals surface area contributed by atoms with Gasteiger partial charge in [-0.15, -0.1) is 0 Å². The number of carbonyl (C=O) groups is 1. The number of carbonyl (C=O) groups excluding carboxylic acids is 1. The highest BCUT2D eigenvalue weighted by molar-refractivity contribution is 6.31. The topological polar surface area (TPSA) is 61.4 Å². The van der Waals surface area contributed by atoms with Gasteiger partial charge in [0.05, 0.1) is 23.2 Å². The van der Waals surface area contributed by atoms with Crippen molar-refractivity contribution in [2.45, 2.75) is 19.1 Å². The summed E-state index contributed by atoms with van der Waals surface area (Å²) in [5.41, 5.74) is -1.07. The van der Waals surface area contributed by atoms with Crippen LogP contribution in [0.1, 0.15) is 12.5 Å². The zero-order chi connectivity index (χ0) is 14.6. The largest absolute Gasteiger partial charge is 0.417 e. The van der Waals surface area contributed by atoms with Gasteiger partial charge < -0.3 is 15.7 Å². The summed E-state index contributed by atoms with van der Waals surface area (Å²) in [4.78, 5) is 11.4. The molecule has 0 aliphatic carbocycles. The van der Waals surface area contributed by atoms with Crippen molar-refractivity contribution in [3.63, 3.8) is 0 Å². The minimum absolute atomic E-state index is 0.0423. The van der Waals surface area contributed by atoms with E-state index in [0.29, 0.717) is 0 Å². The number of halogens is 4. The molecule has 0 aliphatic rings. The van der Waals surface area contributed by atoms with E-state index < -0.39 is 28.8 Å². The van der Waals surface area contributed by atoms with E-state index in [0.717, 1.165) is 12.1 Å². The summed E-state index contributed by atoms with van der Waals surface area (Å²) < 4.78 is 37.8. The monoisotopic (exact) mass is 296 g/mol. The lowest BCUT2D eigenvalue weighted by atomic mass is 10.2. The molecule has 0 aliphatic heterocycles. The Hall–Kier alpha value is -1.47. The van der Waals surface area contributed by atoms with Gasteiger partial charge in [0, 0.05) is 5.69 Å². The van der Waals surface area contributed by atoms with Crippen molar-refractivity contribution < 1.29 is 23.1 Å². The highest BCUT2D eigenvalue weighted by Gasteiger charge is 2.33. The maximum Gasteiger partial charge on any atom is 0.417 e. The second-order valence-electron chi connectivity index (χ2n) is 3.87. The van der Waals surface area contributed by atoms with Crippen molar-refractivity contribution in [3.05, 3.63) is 28.8 Å². The lowest BCUT2D eigenvalue weighted by molar-refractivity contribution is -0.137. The summed E-state index contributed by atoms with van der Waals surface area (Å²) in [6, 6.07) is 1.83. The molecule has 0 bridgehead atoms. The van der Waals surface area contributed by atoms with Crippen LogP contribution in [0.15, 0.2) is 18.2 Å². The second-order valence-corrected chi connectivity index (χ2v) is 4.28. The molecule has 8 heteroatoms. The second kappa shape index (κ2) is 6.12. The number of anilines is 1. The Bertz CT molecular complexity index is 466. The number of aliphatic hydroxyl groups excluding tert-OH is 1. The molecule has 3 N–H and O–H groups in total. The number of nitrogens with one attached hydrogen (secondary N) is 2. The molecule has 4 nitrogen and oxygen atoms in total. The molecule has 0 saturated carbocycles. The van der Waals surface area contributed by atoms with Crippen LogP contribution in [0, 0.1) is 0 Å². The first-order valence-electron chi connectivity index (χ1n) is 5.29. The summed E-state index contributed by atoms with van der Waals surface area (Å²) >= 11 is 5.44. The lowest BCUT2D eigenvalue weighted by Gasteiger charge is -2.14. The molecule has 1 rings (SSSR count). The SMILES string of the molecule is CC(CO)NC(=O)Nc1ccc(Cl)c(C(F)(F)F)c1. The summed E-state index contributed by atoms with van der Waals surface area (Å²) in [6.45, 7) is 1.27. The van der Waals surface area contributed by atoms with Crippen LogP contribution in [-0.2, 0) is 6.18 Å². The Morgan fingerprint density at radius 3 is 2.63 bits per heavy atom. The zero-order valence-corrected chi connectivity index (χ0v) is 10.6. The molecular formula is C11H12ClF3N2O2. The third-order valence-electron chi connectivity index (χ3n) is 2.18. The highest BCUT2D eigenvalue weighted by atomic mass is 35.5. The predicted octanol–water partition coefficient (Wildman–Crippen LogP) is 2.86. The van der Waals surface area contributed by atoms with Gasteiger partial charge >= 0.3 is 12.2 Å². The smallest absolute Gasteiger partial charge is 0.394 e. The van der Waals surface area contributed by atoms with E-state index in [4.69, 9.17) is 16.7 Å². The van der Waals surface area contributed by atoms with Gasteiger partial charge in [-0.25, -0.2) is 4.79 Å². The molecule has 2 amide bonds. The molecule has 19 heavy (non-hydrogen) atoms. The first-order valence-corrected chi connectivity index (χ1v) is 5.67. The van der Waals surface area contributed by atoms with Crippen molar-refractivity contribution in [2.24, 2.45) is 0 Å². The van der Waals surface area contributed by atoms with Gasteiger partial charge in [0.1, 0.15) is 0 Å². The van der Waals surface area contributed by atoms with Crippen molar-refractivity contribution in [2.75, 3.05) is 11.9 Å². The molecule has 106 valence electrons. The van der Waals surface area contributed by atoms with Crippen molar-refractivity contribution >= 4 is 23.3 Å². The van der Waals surface area contributed by atoms with Gasteiger partial charge in [-0.2, -0.15) is 13.2 Å². The minimum atomic E-state index is -4.59. The molecular weight excluding hydrogens is 285 g/mol. The summed E-state index contributed by atoms with van der Waals surface area (Å²) in [7, 11) is 0. The van der Waals surface area contributed by atoms with Crippen molar-refractivity contribution in [3.8, 4) is 0 Å². The number of benzene rings is 1. The Morgan fingerprint density at radius 2 is 2.11 bits per heavy atom. The van der Waals surface area contributed by atoms with Crippen LogP contribution < -0.4 is 10.6 Å². The molecule has 1 aromatic rings. The van der Waals surface area contributed by atoms with E-state index in [2.05, 4.69) is 10.6 Å². The molecule has 0 radical (unpaired) electrons. The first-order chi connectivity index (χ1) is 8.74. The average molecular weight is 297 g/mol. The van der Waals surface area contributed by atoms with Crippen LogP contribution in [0.25, 0.3) is 0 Å². The van der Waals surface area contributed by atoms with Crippen LogP contribution in [0.2, 0.25) is 5.02 Å². The van der Waals surface area contributed by atoms with E-state index in [9.17, 15) is 18.0 Å². The Labute approximate surface area is 112 Å². The number of urea groups is 1. The average Bonchev–Trinajstić information content (AvgIpc) is 2.29. The fourth-order valence-corrected chi connectivity index (χ4v) is 1.48. The quantitative estimate of drug-likeness (QED) is 0.803. The highest BCUT2D eigenvalue weighted by Crippen LogP contribution is 2.36. The molecule has 1 aromatic carbocycles. The van der Waals surface area contributed by atoms with Crippen LogP contribution in [0.4, 0.5) is 23.7 Å². The van der Waals surface area contributed by atoms with Gasteiger partial charge in [-0.05, 0) is 25.1 Å². The molecule has 0 aromatic heterocycles. The third kappa shape index (κ3) is 4.60. The van der Waals surface area contributed by atoms with Gasteiger partial charge in [0.2, 0.25) is 0 Å². The van der Waals surface area contributed by atoms with Gasteiger partial charge in [0.25, 0.3) is 0 Å². The Balaban J connectivity index is 2.83.